The minimum absolute atomic E-state index is 0.176. The number of nitrogens with zero attached hydrogens (tertiary/aromatic N) is 2. The Labute approximate surface area is 206 Å². The molecule has 0 saturated heterocycles. The normalized spacial score (nSPS) is 10.9. The molecule has 10 heteroatoms. The van der Waals surface area contributed by atoms with Crippen molar-refractivity contribution in [2.75, 3.05) is 13.2 Å². The summed E-state index contributed by atoms with van der Waals surface area (Å²) in [6.07, 6.45) is 2.99. The minimum atomic E-state index is -0.397. The second-order valence-corrected chi connectivity index (χ2v) is 7.61. The molecule has 3 aromatic carbocycles. The third kappa shape index (κ3) is 8.93. The van der Waals surface area contributed by atoms with Gasteiger partial charge < -0.3 is 9.47 Å². The smallest absolute Gasteiger partial charge is 0.277 e. The first-order valence-electron chi connectivity index (χ1n) is 9.98. The second-order valence-electron chi connectivity index (χ2n) is 6.74. The Morgan fingerprint density at radius 2 is 1.00 bits per heavy atom. The molecule has 0 spiro atoms. The highest BCUT2D eigenvalue weighted by Crippen LogP contribution is 2.16. The van der Waals surface area contributed by atoms with Crippen LogP contribution < -0.4 is 20.3 Å². The molecule has 0 aliphatic carbocycles. The van der Waals surface area contributed by atoms with Crippen molar-refractivity contribution < 1.29 is 19.1 Å². The van der Waals surface area contributed by atoms with E-state index in [4.69, 9.17) is 32.7 Å². The van der Waals surface area contributed by atoms with Gasteiger partial charge in [-0.15, -0.1) is 0 Å². The lowest BCUT2D eigenvalue weighted by atomic mass is 10.2. The summed E-state index contributed by atoms with van der Waals surface area (Å²) in [6, 6.07) is 20.5. The molecule has 2 N–H and O–H groups in total. The van der Waals surface area contributed by atoms with Crippen LogP contribution in [0.5, 0.6) is 11.5 Å². The number of halogens is 2. The van der Waals surface area contributed by atoms with Crippen molar-refractivity contribution in [3.8, 4) is 11.5 Å². The summed E-state index contributed by atoms with van der Waals surface area (Å²) in [5.41, 5.74) is 6.30. The molecule has 0 radical (unpaired) electrons. The monoisotopic (exact) mass is 498 g/mol. The summed E-state index contributed by atoms with van der Waals surface area (Å²) in [7, 11) is 0. The summed E-state index contributed by atoms with van der Waals surface area (Å²) < 4.78 is 10.7. The van der Waals surface area contributed by atoms with Crippen LogP contribution in [-0.4, -0.2) is 37.5 Å². The minimum Gasteiger partial charge on any atom is -0.484 e. The average Bonchev–Trinajstić information content (AvgIpc) is 2.84. The zero-order chi connectivity index (χ0) is 24.2. The molecule has 0 unspecified atom stereocenters. The molecular weight excluding hydrogens is 479 g/mol. The number of hydrogen-bond acceptors (Lipinski definition) is 6. The molecule has 3 rings (SSSR count). The maximum absolute atomic E-state index is 11.8. The molecule has 0 aromatic heterocycles. The van der Waals surface area contributed by atoms with Crippen LogP contribution in [-0.2, 0) is 9.59 Å². The Morgan fingerprint density at radius 3 is 1.35 bits per heavy atom. The van der Waals surface area contributed by atoms with E-state index in [-0.39, 0.29) is 13.2 Å². The number of ether oxygens (including phenoxy) is 2. The summed E-state index contributed by atoms with van der Waals surface area (Å²) in [5.74, 6) is 0.272. The highest BCUT2D eigenvalue weighted by molar-refractivity contribution is 6.30. The fourth-order valence-electron chi connectivity index (χ4n) is 2.45. The van der Waals surface area contributed by atoms with Gasteiger partial charge in [0.2, 0.25) is 0 Å². The Kier molecular flexibility index (Phi) is 9.45. The number of nitrogens with one attached hydrogen (secondary N) is 2. The van der Waals surface area contributed by atoms with E-state index in [9.17, 15) is 9.59 Å². The molecule has 0 saturated carbocycles. The Morgan fingerprint density at radius 1 is 0.647 bits per heavy atom. The highest BCUT2D eigenvalue weighted by Gasteiger charge is 2.02. The summed E-state index contributed by atoms with van der Waals surface area (Å²) in [5, 5.41) is 8.96. The van der Waals surface area contributed by atoms with Crippen LogP contribution in [0.15, 0.2) is 83.0 Å². The van der Waals surface area contributed by atoms with Gasteiger partial charge in [-0.2, -0.15) is 10.2 Å². The zero-order valence-electron chi connectivity index (χ0n) is 17.8. The second kappa shape index (κ2) is 13.0. The molecular formula is C24H20Cl2N4O4. The lowest BCUT2D eigenvalue weighted by Crippen LogP contribution is -2.24. The number of amides is 2. The van der Waals surface area contributed by atoms with Crippen molar-refractivity contribution in [2.24, 2.45) is 10.2 Å². The van der Waals surface area contributed by atoms with E-state index in [0.717, 1.165) is 11.1 Å². The van der Waals surface area contributed by atoms with Crippen LogP contribution >= 0.6 is 23.2 Å². The molecule has 34 heavy (non-hydrogen) atoms. The third-order valence-corrected chi connectivity index (χ3v) is 4.61. The molecule has 0 atom stereocenters. The molecule has 0 aliphatic heterocycles. The summed E-state index contributed by atoms with van der Waals surface area (Å²) >= 11 is 11.6. The first-order valence-corrected chi connectivity index (χ1v) is 10.7. The topological polar surface area (TPSA) is 101 Å². The largest absolute Gasteiger partial charge is 0.484 e. The predicted molar refractivity (Wildman–Crippen MR) is 132 cm³/mol. The Hall–Kier alpha value is -3.88. The summed E-state index contributed by atoms with van der Waals surface area (Å²) in [6.45, 7) is -0.352. The molecule has 2 amide bonds. The van der Waals surface area contributed by atoms with Crippen LogP contribution in [0.4, 0.5) is 0 Å². The standard InChI is InChI=1S/C24H20Cl2N4O4/c25-19-5-9-21(10-6-19)33-15-23(31)29-27-13-17-1-2-18(4-3-17)14-28-30-24(32)16-34-22-11-7-20(26)8-12-22/h1-14H,15-16H2,(H,29,31)(H,30,32)/b27-13+,28-14+. The van der Waals surface area contributed by atoms with E-state index in [1.54, 1.807) is 72.8 Å². The van der Waals surface area contributed by atoms with Crippen molar-refractivity contribution >= 4 is 47.4 Å². The average molecular weight is 499 g/mol. The fourth-order valence-corrected chi connectivity index (χ4v) is 2.70. The van der Waals surface area contributed by atoms with Crippen molar-refractivity contribution in [3.05, 3.63) is 94.0 Å². The van der Waals surface area contributed by atoms with E-state index in [1.807, 2.05) is 0 Å². The maximum atomic E-state index is 11.8. The molecule has 174 valence electrons. The van der Waals surface area contributed by atoms with Crippen molar-refractivity contribution in [3.63, 3.8) is 0 Å². The van der Waals surface area contributed by atoms with Gasteiger partial charge >= 0.3 is 0 Å². The Balaban J connectivity index is 1.36. The molecule has 0 heterocycles. The van der Waals surface area contributed by atoms with Crippen LogP contribution in [0.25, 0.3) is 0 Å². The quantitative estimate of drug-likeness (QED) is 0.325. The van der Waals surface area contributed by atoms with Gasteiger partial charge in [0.1, 0.15) is 11.5 Å². The number of benzene rings is 3. The number of carbonyl (C=O) groups excluding carboxylic acids is 2. The maximum Gasteiger partial charge on any atom is 0.277 e. The van der Waals surface area contributed by atoms with E-state index < -0.39 is 11.8 Å². The first-order chi connectivity index (χ1) is 16.5. The third-order valence-electron chi connectivity index (χ3n) is 4.11. The van der Waals surface area contributed by atoms with Gasteiger partial charge in [-0.3, -0.25) is 9.59 Å². The number of rotatable bonds is 10. The summed E-state index contributed by atoms with van der Waals surface area (Å²) in [4.78, 5) is 23.6. The van der Waals surface area contributed by atoms with Gasteiger partial charge in [0, 0.05) is 10.0 Å². The molecule has 0 fully saturated rings. The van der Waals surface area contributed by atoms with Crippen molar-refractivity contribution in [1.29, 1.82) is 0 Å². The van der Waals surface area contributed by atoms with Crippen LogP contribution in [0.2, 0.25) is 10.0 Å². The molecule has 8 nitrogen and oxygen atoms in total. The van der Waals surface area contributed by atoms with Crippen LogP contribution in [0.1, 0.15) is 11.1 Å². The molecule has 3 aromatic rings. The van der Waals surface area contributed by atoms with Crippen LogP contribution in [0, 0.1) is 0 Å². The fraction of sp³-hybridized carbons (Fsp3) is 0.0833. The van der Waals surface area contributed by atoms with Gasteiger partial charge in [-0.05, 0) is 59.7 Å². The van der Waals surface area contributed by atoms with E-state index in [2.05, 4.69) is 21.1 Å². The van der Waals surface area contributed by atoms with Crippen molar-refractivity contribution in [2.45, 2.75) is 0 Å². The van der Waals surface area contributed by atoms with Gasteiger partial charge in [-0.25, -0.2) is 10.9 Å². The van der Waals surface area contributed by atoms with Gasteiger partial charge in [-0.1, -0.05) is 47.5 Å². The molecule has 0 bridgehead atoms. The number of carbonyl (C=O) groups is 2. The van der Waals surface area contributed by atoms with Crippen LogP contribution in [0.3, 0.4) is 0 Å². The molecule has 0 aliphatic rings. The first kappa shape index (κ1) is 24.8. The lowest BCUT2D eigenvalue weighted by Gasteiger charge is -2.05. The van der Waals surface area contributed by atoms with E-state index in [0.29, 0.717) is 21.5 Å². The SMILES string of the molecule is O=C(COc1ccc(Cl)cc1)N/N=C/c1ccc(/C=N/NC(=O)COc2ccc(Cl)cc2)cc1. The van der Waals surface area contributed by atoms with E-state index in [1.165, 1.54) is 12.4 Å². The Bertz CT molecular complexity index is 1060. The number of hydrogen-bond donors (Lipinski definition) is 2. The number of hydrazone groups is 2. The van der Waals surface area contributed by atoms with Gasteiger partial charge in [0.15, 0.2) is 13.2 Å². The van der Waals surface area contributed by atoms with E-state index >= 15 is 0 Å². The lowest BCUT2D eigenvalue weighted by molar-refractivity contribution is -0.123. The van der Waals surface area contributed by atoms with Gasteiger partial charge in [0.05, 0.1) is 12.4 Å². The van der Waals surface area contributed by atoms with Gasteiger partial charge in [0.25, 0.3) is 11.8 Å². The van der Waals surface area contributed by atoms with Crippen molar-refractivity contribution in [1.82, 2.24) is 10.9 Å². The highest BCUT2D eigenvalue weighted by atomic mass is 35.5. The predicted octanol–water partition coefficient (Wildman–Crippen LogP) is 4.05. The zero-order valence-corrected chi connectivity index (χ0v) is 19.3.